The van der Waals surface area contributed by atoms with Gasteiger partial charge in [0.05, 0.1) is 5.56 Å². The maximum absolute atomic E-state index is 11.7. The van der Waals surface area contributed by atoms with E-state index in [4.69, 9.17) is 5.11 Å². The molecule has 1 aliphatic rings. The molecule has 3 N–H and O–H groups in total. The van der Waals surface area contributed by atoms with E-state index in [1.807, 2.05) is 0 Å². The molecule has 0 radical (unpaired) electrons. The van der Waals surface area contributed by atoms with Crippen molar-refractivity contribution in [3.8, 4) is 0 Å². The van der Waals surface area contributed by atoms with Crippen molar-refractivity contribution in [2.45, 2.75) is 18.9 Å². The Morgan fingerprint density at radius 2 is 2.26 bits per heavy atom. The van der Waals surface area contributed by atoms with Crippen LogP contribution in [0.3, 0.4) is 0 Å². The topological polar surface area (TPSA) is 108 Å². The second-order valence-electron chi connectivity index (χ2n) is 4.25. The second-order valence-corrected chi connectivity index (χ2v) is 4.25. The zero-order valence-electron chi connectivity index (χ0n) is 10.0. The first kappa shape index (κ1) is 13.0. The van der Waals surface area contributed by atoms with Gasteiger partial charge >= 0.3 is 5.97 Å². The van der Waals surface area contributed by atoms with E-state index in [1.54, 1.807) is 0 Å². The summed E-state index contributed by atoms with van der Waals surface area (Å²) in [5.41, 5.74) is 0.175. The van der Waals surface area contributed by atoms with Crippen molar-refractivity contribution >= 4 is 17.8 Å². The minimum Gasteiger partial charge on any atom is -0.478 e. The summed E-state index contributed by atoms with van der Waals surface area (Å²) in [5, 5.41) is 14.1. The fourth-order valence-corrected chi connectivity index (χ4v) is 1.79. The van der Waals surface area contributed by atoms with Crippen LogP contribution in [0.2, 0.25) is 0 Å². The molecule has 100 valence electrons. The van der Waals surface area contributed by atoms with Gasteiger partial charge in [-0.3, -0.25) is 14.6 Å². The number of aromatic nitrogens is 1. The zero-order valence-corrected chi connectivity index (χ0v) is 10.0. The van der Waals surface area contributed by atoms with E-state index in [0.717, 1.165) is 6.20 Å². The lowest BCUT2D eigenvalue weighted by atomic mass is 10.2. The van der Waals surface area contributed by atoms with E-state index in [1.165, 1.54) is 12.1 Å². The number of carboxylic acids is 1. The maximum Gasteiger partial charge on any atom is 0.337 e. The number of carbonyl (C=O) groups is 3. The Bertz CT molecular complexity index is 512. The molecule has 1 fully saturated rings. The molecule has 1 saturated heterocycles. The third-order valence-electron chi connectivity index (χ3n) is 2.84. The first-order valence-corrected chi connectivity index (χ1v) is 5.83. The van der Waals surface area contributed by atoms with Crippen LogP contribution in [0, 0.1) is 0 Å². The summed E-state index contributed by atoms with van der Waals surface area (Å²) in [7, 11) is 0. The molecule has 2 amide bonds. The number of nitrogens with zero attached hydrogens (tertiary/aromatic N) is 1. The maximum atomic E-state index is 11.7. The molecule has 0 aliphatic carbocycles. The monoisotopic (exact) mass is 263 g/mol. The largest absolute Gasteiger partial charge is 0.478 e. The van der Waals surface area contributed by atoms with E-state index in [2.05, 4.69) is 15.6 Å². The van der Waals surface area contributed by atoms with E-state index in [0.29, 0.717) is 19.4 Å². The van der Waals surface area contributed by atoms with Gasteiger partial charge in [-0.1, -0.05) is 0 Å². The van der Waals surface area contributed by atoms with E-state index in [-0.39, 0.29) is 23.2 Å². The molecular formula is C12H13N3O4. The molecule has 2 heterocycles. The van der Waals surface area contributed by atoms with Gasteiger partial charge in [0.15, 0.2) is 0 Å². The fraction of sp³-hybridized carbons (Fsp3) is 0.333. The van der Waals surface area contributed by atoms with Gasteiger partial charge < -0.3 is 15.7 Å². The quantitative estimate of drug-likeness (QED) is 0.696. The summed E-state index contributed by atoms with van der Waals surface area (Å²) >= 11 is 0. The Kier molecular flexibility index (Phi) is 3.74. The van der Waals surface area contributed by atoms with Crippen LogP contribution >= 0.6 is 0 Å². The molecule has 1 atom stereocenters. The van der Waals surface area contributed by atoms with Gasteiger partial charge in [0.1, 0.15) is 5.69 Å². The number of carbonyl (C=O) groups excluding carboxylic acids is 2. The molecule has 1 aliphatic heterocycles. The summed E-state index contributed by atoms with van der Waals surface area (Å²) in [4.78, 5) is 37.1. The minimum absolute atomic E-state index is 0.0109. The van der Waals surface area contributed by atoms with Crippen LogP contribution in [-0.4, -0.2) is 40.5 Å². The highest BCUT2D eigenvalue weighted by Crippen LogP contribution is 2.05. The molecule has 7 heteroatoms. The predicted octanol–water partition coefficient (Wildman–Crippen LogP) is -0.212. The van der Waals surface area contributed by atoms with Crippen molar-refractivity contribution in [2.75, 3.05) is 6.54 Å². The number of pyridine rings is 1. The minimum atomic E-state index is -1.09. The third-order valence-corrected chi connectivity index (χ3v) is 2.84. The van der Waals surface area contributed by atoms with E-state index < -0.39 is 11.9 Å². The SMILES string of the molecule is O=C1CCC(CNC(=O)c2ccc(C(=O)O)cn2)N1. The number of amides is 2. The molecule has 0 bridgehead atoms. The Balaban J connectivity index is 1.89. The summed E-state index contributed by atoms with van der Waals surface area (Å²) in [6.07, 6.45) is 2.31. The van der Waals surface area contributed by atoms with Crippen LogP contribution in [0.15, 0.2) is 18.3 Å². The van der Waals surface area contributed by atoms with Crippen LogP contribution in [-0.2, 0) is 4.79 Å². The lowest BCUT2D eigenvalue weighted by Crippen LogP contribution is -2.38. The normalized spacial score (nSPS) is 17.9. The van der Waals surface area contributed by atoms with Gasteiger partial charge in [0.25, 0.3) is 5.91 Å². The molecule has 19 heavy (non-hydrogen) atoms. The number of aromatic carboxylic acids is 1. The molecule has 0 saturated carbocycles. The first-order valence-electron chi connectivity index (χ1n) is 5.83. The van der Waals surface area contributed by atoms with Crippen LogP contribution < -0.4 is 10.6 Å². The number of hydrogen-bond acceptors (Lipinski definition) is 4. The van der Waals surface area contributed by atoms with E-state index in [9.17, 15) is 14.4 Å². The average Bonchev–Trinajstić information content (AvgIpc) is 2.82. The summed E-state index contributed by atoms with van der Waals surface area (Å²) in [6, 6.07) is 2.63. The molecule has 1 aromatic heterocycles. The Labute approximate surface area is 109 Å². The van der Waals surface area contributed by atoms with Crippen LogP contribution in [0.1, 0.15) is 33.7 Å². The molecule has 7 nitrogen and oxygen atoms in total. The summed E-state index contributed by atoms with van der Waals surface area (Å²) in [5.74, 6) is -1.49. The number of hydrogen-bond donors (Lipinski definition) is 3. The Morgan fingerprint density at radius 3 is 2.79 bits per heavy atom. The molecule has 0 spiro atoms. The van der Waals surface area contributed by atoms with Crippen molar-refractivity contribution in [1.82, 2.24) is 15.6 Å². The lowest BCUT2D eigenvalue weighted by Gasteiger charge is -2.10. The highest BCUT2D eigenvalue weighted by Gasteiger charge is 2.21. The summed E-state index contributed by atoms with van der Waals surface area (Å²) in [6.45, 7) is 0.340. The predicted molar refractivity (Wildman–Crippen MR) is 64.7 cm³/mol. The van der Waals surface area contributed by atoms with Gasteiger partial charge in [-0.05, 0) is 18.6 Å². The molecule has 0 aromatic carbocycles. The van der Waals surface area contributed by atoms with Crippen molar-refractivity contribution in [2.24, 2.45) is 0 Å². The smallest absolute Gasteiger partial charge is 0.337 e. The average molecular weight is 263 g/mol. The van der Waals surface area contributed by atoms with Crippen LogP contribution in [0.25, 0.3) is 0 Å². The second kappa shape index (κ2) is 5.47. The Hall–Kier alpha value is -2.44. The highest BCUT2D eigenvalue weighted by molar-refractivity contribution is 5.93. The third kappa shape index (κ3) is 3.27. The van der Waals surface area contributed by atoms with E-state index >= 15 is 0 Å². The van der Waals surface area contributed by atoms with Gasteiger partial charge in [-0.25, -0.2) is 4.79 Å². The fourth-order valence-electron chi connectivity index (χ4n) is 1.79. The number of carboxylic acid groups (broad SMARTS) is 1. The van der Waals surface area contributed by atoms with Crippen molar-refractivity contribution in [3.63, 3.8) is 0 Å². The number of nitrogens with one attached hydrogen (secondary N) is 2. The first-order chi connectivity index (χ1) is 9.06. The summed E-state index contributed by atoms with van der Waals surface area (Å²) < 4.78 is 0. The van der Waals surface area contributed by atoms with Crippen LogP contribution in [0.4, 0.5) is 0 Å². The Morgan fingerprint density at radius 1 is 1.47 bits per heavy atom. The molecule has 1 unspecified atom stereocenters. The molecule has 2 rings (SSSR count). The van der Waals surface area contributed by atoms with Crippen molar-refractivity contribution < 1.29 is 19.5 Å². The van der Waals surface area contributed by atoms with Crippen LogP contribution in [0.5, 0.6) is 0 Å². The lowest BCUT2D eigenvalue weighted by molar-refractivity contribution is -0.119. The molecular weight excluding hydrogens is 250 g/mol. The number of rotatable bonds is 4. The van der Waals surface area contributed by atoms with Crippen molar-refractivity contribution in [1.29, 1.82) is 0 Å². The molecule has 1 aromatic rings. The standard InChI is InChI=1S/C12H13N3O4/c16-10-4-2-8(15-10)6-14-11(17)9-3-1-7(5-13-9)12(18)19/h1,3,5,8H,2,4,6H2,(H,14,17)(H,15,16)(H,18,19). The van der Waals surface area contributed by atoms with Gasteiger partial charge in [0, 0.05) is 25.2 Å². The van der Waals surface area contributed by atoms with Gasteiger partial charge in [-0.2, -0.15) is 0 Å². The van der Waals surface area contributed by atoms with Crippen molar-refractivity contribution in [3.05, 3.63) is 29.6 Å². The van der Waals surface area contributed by atoms with Gasteiger partial charge in [0.2, 0.25) is 5.91 Å². The highest BCUT2D eigenvalue weighted by atomic mass is 16.4. The zero-order chi connectivity index (χ0) is 13.8. The van der Waals surface area contributed by atoms with Gasteiger partial charge in [-0.15, -0.1) is 0 Å².